The molecule has 0 saturated heterocycles. The van der Waals surface area contributed by atoms with Crippen molar-refractivity contribution >= 4 is 27.7 Å². The first-order valence-corrected chi connectivity index (χ1v) is 6.58. The number of aliphatic hydroxyl groups excluding tert-OH is 1. The van der Waals surface area contributed by atoms with Crippen LogP contribution in [-0.2, 0) is 4.65 Å². The molecule has 4 heteroatoms. The van der Waals surface area contributed by atoms with Crippen molar-refractivity contribution in [1.29, 1.82) is 0 Å². The van der Waals surface area contributed by atoms with Crippen molar-refractivity contribution in [3.8, 4) is 0 Å². The van der Waals surface area contributed by atoms with E-state index < -0.39 is 6.29 Å². The molecule has 2 unspecified atom stereocenters. The van der Waals surface area contributed by atoms with Crippen LogP contribution in [0.2, 0.25) is 0 Å². The van der Waals surface area contributed by atoms with Crippen LogP contribution in [0.5, 0.6) is 0 Å². The van der Waals surface area contributed by atoms with E-state index in [1.54, 1.807) is 0 Å². The smallest absolute Gasteiger partial charge is 0.377 e. The maximum absolute atomic E-state index is 9.95. The van der Waals surface area contributed by atoms with E-state index in [9.17, 15) is 5.11 Å². The van der Waals surface area contributed by atoms with Crippen LogP contribution in [0.3, 0.4) is 0 Å². The molecule has 0 aliphatic carbocycles. The first-order valence-electron chi connectivity index (χ1n) is 5.33. The molecule has 1 radical (unpaired) electrons. The van der Waals surface area contributed by atoms with Gasteiger partial charge in [-0.15, -0.1) is 22.4 Å². The van der Waals surface area contributed by atoms with Gasteiger partial charge in [0.1, 0.15) is 6.29 Å². The van der Waals surface area contributed by atoms with Crippen molar-refractivity contribution in [2.24, 2.45) is 16.7 Å². The molecule has 0 aromatic rings. The Balaban J connectivity index is 4.60. The maximum Gasteiger partial charge on any atom is 0.377 e. The monoisotopic (exact) mass is 325 g/mol. The Kier molecular flexibility index (Phi) is 6.15. The second-order valence-corrected chi connectivity index (χ2v) is 6.86. The molecule has 1 N–H and O–H groups in total. The van der Waals surface area contributed by atoms with Gasteiger partial charge in [-0.05, 0) is 17.3 Å². The Morgan fingerprint density at radius 1 is 1.20 bits per heavy atom. The van der Waals surface area contributed by atoms with Gasteiger partial charge in [-0.2, -0.15) is 0 Å². The molecule has 0 rings (SSSR count). The van der Waals surface area contributed by atoms with Crippen LogP contribution in [0, 0.1) is 16.7 Å². The summed E-state index contributed by atoms with van der Waals surface area (Å²) in [6.45, 7) is 13.0. The summed E-state index contributed by atoms with van der Waals surface area (Å²) in [4.78, 5) is 0. The highest BCUT2D eigenvalue weighted by molar-refractivity contribution is 14.1. The minimum atomic E-state index is -0.707. The van der Waals surface area contributed by atoms with Crippen molar-refractivity contribution < 1.29 is 9.76 Å². The van der Waals surface area contributed by atoms with E-state index in [1.807, 2.05) is 22.4 Å². The highest BCUT2D eigenvalue weighted by atomic mass is 127. The van der Waals surface area contributed by atoms with E-state index >= 15 is 0 Å². The zero-order chi connectivity index (χ0) is 12.3. The van der Waals surface area contributed by atoms with Gasteiger partial charge in [-0.25, -0.2) is 0 Å². The SMILES string of the molecule is CC(C)(C)CC(C(O)O[B]I)C(C)(C)C. The molecule has 0 heterocycles. The largest absolute Gasteiger partial charge is 0.404 e. The average Bonchev–Trinajstić information content (AvgIpc) is 1.97. The van der Waals surface area contributed by atoms with Gasteiger partial charge in [-0.3, -0.25) is 0 Å². The lowest BCUT2D eigenvalue weighted by Gasteiger charge is -2.38. The molecule has 0 aliphatic rings. The van der Waals surface area contributed by atoms with E-state index in [2.05, 4.69) is 41.5 Å². The van der Waals surface area contributed by atoms with Crippen LogP contribution in [0.25, 0.3) is 0 Å². The molecule has 0 spiro atoms. The van der Waals surface area contributed by atoms with Crippen molar-refractivity contribution in [2.45, 2.75) is 54.3 Å². The van der Waals surface area contributed by atoms with Crippen molar-refractivity contribution in [1.82, 2.24) is 0 Å². The topological polar surface area (TPSA) is 29.5 Å². The number of halogens is 1. The summed E-state index contributed by atoms with van der Waals surface area (Å²) < 4.78 is 5.19. The molecule has 0 bridgehead atoms. The second-order valence-electron chi connectivity index (χ2n) is 6.35. The van der Waals surface area contributed by atoms with Crippen molar-refractivity contribution in [3.05, 3.63) is 0 Å². The Morgan fingerprint density at radius 2 is 1.67 bits per heavy atom. The second kappa shape index (κ2) is 5.87. The minimum absolute atomic E-state index is 0.0480. The Morgan fingerprint density at radius 3 is 1.93 bits per heavy atom. The van der Waals surface area contributed by atoms with Gasteiger partial charge in [0.05, 0.1) is 0 Å². The molecule has 0 aliphatic heterocycles. The minimum Gasteiger partial charge on any atom is -0.404 e. The molecule has 2 atom stereocenters. The highest BCUT2D eigenvalue weighted by Crippen LogP contribution is 2.38. The van der Waals surface area contributed by atoms with Crippen LogP contribution in [0.15, 0.2) is 0 Å². The van der Waals surface area contributed by atoms with Gasteiger partial charge in [0.2, 0.25) is 0 Å². The molecule has 0 aromatic carbocycles. The van der Waals surface area contributed by atoms with Crippen LogP contribution >= 0.6 is 22.4 Å². The van der Waals surface area contributed by atoms with E-state index in [1.165, 1.54) is 5.34 Å². The lowest BCUT2D eigenvalue weighted by molar-refractivity contribution is -0.104. The molecule has 0 fully saturated rings. The van der Waals surface area contributed by atoms with Crippen LogP contribution in [-0.4, -0.2) is 16.7 Å². The van der Waals surface area contributed by atoms with Crippen LogP contribution in [0.4, 0.5) is 0 Å². The zero-order valence-electron chi connectivity index (χ0n) is 10.7. The third-order valence-corrected chi connectivity index (χ3v) is 2.77. The maximum atomic E-state index is 9.95. The van der Waals surface area contributed by atoms with E-state index in [-0.39, 0.29) is 16.7 Å². The normalized spacial score (nSPS) is 17.3. The van der Waals surface area contributed by atoms with E-state index in [4.69, 9.17) is 4.65 Å². The standard InChI is InChI=1S/C11H23BIO2/c1-10(2,3)7-8(11(4,5)6)9(14)15-12-13/h8-9,14H,7H2,1-6H3. The quantitative estimate of drug-likeness (QED) is 0.488. The summed E-state index contributed by atoms with van der Waals surface area (Å²) in [5.74, 6) is 0.142. The van der Waals surface area contributed by atoms with Crippen LogP contribution in [0.1, 0.15) is 48.0 Å². The summed E-state index contributed by atoms with van der Waals surface area (Å²) in [6, 6.07) is 0. The average molecular weight is 325 g/mol. The third-order valence-electron chi connectivity index (χ3n) is 2.48. The molecule has 0 amide bonds. The van der Waals surface area contributed by atoms with Crippen molar-refractivity contribution in [3.63, 3.8) is 0 Å². The van der Waals surface area contributed by atoms with Crippen molar-refractivity contribution in [2.75, 3.05) is 0 Å². The van der Waals surface area contributed by atoms with Gasteiger partial charge in [-0.1, -0.05) is 41.5 Å². The van der Waals surface area contributed by atoms with Crippen LogP contribution < -0.4 is 0 Å². The first kappa shape index (κ1) is 15.7. The van der Waals surface area contributed by atoms with Gasteiger partial charge in [0.25, 0.3) is 0 Å². The molecule has 2 nitrogen and oxygen atoms in total. The predicted molar refractivity (Wildman–Crippen MR) is 73.9 cm³/mol. The fraction of sp³-hybridized carbons (Fsp3) is 1.00. The van der Waals surface area contributed by atoms with Gasteiger partial charge in [0.15, 0.2) is 0 Å². The Bertz CT molecular complexity index is 184. The third kappa shape index (κ3) is 6.79. The van der Waals surface area contributed by atoms with Gasteiger partial charge in [0, 0.05) is 5.92 Å². The zero-order valence-corrected chi connectivity index (χ0v) is 12.8. The molecule has 0 saturated carbocycles. The van der Waals surface area contributed by atoms with E-state index in [0.717, 1.165) is 6.42 Å². The highest BCUT2D eigenvalue weighted by Gasteiger charge is 2.34. The predicted octanol–water partition coefficient (Wildman–Crippen LogP) is 3.39. The lowest BCUT2D eigenvalue weighted by Crippen LogP contribution is -2.37. The Hall–Kier alpha value is 0.715. The number of rotatable bonds is 4. The summed E-state index contributed by atoms with van der Waals surface area (Å²) in [6.07, 6.45) is 0.239. The summed E-state index contributed by atoms with van der Waals surface area (Å²) in [7, 11) is 0. The molecular weight excluding hydrogens is 302 g/mol. The Labute approximate surface area is 108 Å². The number of hydrogen-bond acceptors (Lipinski definition) is 2. The first-order chi connectivity index (χ1) is 6.58. The molecule has 0 aromatic heterocycles. The fourth-order valence-electron chi connectivity index (χ4n) is 1.64. The summed E-state index contributed by atoms with van der Waals surface area (Å²) in [5.41, 5.74) is 0.250. The molecule has 15 heavy (non-hydrogen) atoms. The van der Waals surface area contributed by atoms with Gasteiger partial charge >= 0.3 is 5.34 Å². The lowest BCUT2D eigenvalue weighted by atomic mass is 9.72. The molecular formula is C11H23BIO2. The summed E-state index contributed by atoms with van der Waals surface area (Å²) >= 11 is 1.99. The van der Waals surface area contributed by atoms with E-state index in [0.29, 0.717) is 0 Å². The number of hydrogen-bond donors (Lipinski definition) is 1. The van der Waals surface area contributed by atoms with Gasteiger partial charge < -0.3 is 9.76 Å². The number of aliphatic hydroxyl groups is 1. The molecule has 89 valence electrons. The fourth-order valence-corrected chi connectivity index (χ4v) is 1.94. The summed E-state index contributed by atoms with van der Waals surface area (Å²) in [5, 5.41) is 11.5.